The Kier molecular flexibility index (Phi) is 5.86. The number of nitrogens with zero attached hydrogens (tertiary/aromatic N) is 4. The van der Waals surface area contributed by atoms with Gasteiger partial charge in [-0.2, -0.15) is 0 Å². The highest BCUT2D eigenvalue weighted by atomic mass is 15.2. The average Bonchev–Trinajstić information content (AvgIpc) is 3.74. The number of aromatic nitrogens is 4. The van der Waals surface area contributed by atoms with Crippen molar-refractivity contribution in [1.29, 1.82) is 0 Å². The molecule has 0 aliphatic carbocycles. The SMILES string of the molecule is c1ccc(-c2ccccc2-c2nc(-n3c4cccc5c4c4c3cccc4n3c4ccccc4c4cc6ccccc6c5c43)nc3c2ccc2ccccc23)cc1. The Morgan fingerprint density at radius 1 is 0.357 bits per heavy atom. The lowest BCUT2D eigenvalue weighted by molar-refractivity contribution is 1.02. The van der Waals surface area contributed by atoms with Gasteiger partial charge in [-0.25, -0.2) is 9.97 Å². The lowest BCUT2D eigenvalue weighted by atomic mass is 9.95. The Bertz CT molecular complexity index is 3730. The number of rotatable bonds is 3. The summed E-state index contributed by atoms with van der Waals surface area (Å²) >= 11 is 0. The van der Waals surface area contributed by atoms with Gasteiger partial charge in [0.15, 0.2) is 0 Å². The largest absolute Gasteiger partial charge is 0.308 e. The van der Waals surface area contributed by atoms with Crippen LogP contribution in [0.5, 0.6) is 0 Å². The molecule has 0 aliphatic rings. The Morgan fingerprint density at radius 3 is 1.88 bits per heavy atom. The molecule has 0 atom stereocenters. The Labute approximate surface area is 320 Å². The van der Waals surface area contributed by atoms with Gasteiger partial charge in [-0.3, -0.25) is 4.57 Å². The van der Waals surface area contributed by atoms with Crippen LogP contribution in [0.4, 0.5) is 0 Å². The third-order valence-electron chi connectivity index (χ3n) is 12.0. The van der Waals surface area contributed by atoms with E-state index in [1.807, 2.05) is 0 Å². The Hall–Kier alpha value is -7.56. The van der Waals surface area contributed by atoms with Gasteiger partial charge in [-0.1, -0.05) is 146 Å². The molecule has 0 spiro atoms. The number of benzene rings is 9. The Morgan fingerprint density at radius 2 is 1.00 bits per heavy atom. The Balaban J connectivity index is 1.25. The summed E-state index contributed by atoms with van der Waals surface area (Å²) in [5.74, 6) is 0.655. The number of para-hydroxylation sites is 1. The van der Waals surface area contributed by atoms with Crippen LogP contribution < -0.4 is 0 Å². The first kappa shape index (κ1) is 29.8. The molecule has 0 saturated heterocycles. The molecule has 9 aromatic carbocycles. The molecular formula is C52H30N4. The van der Waals surface area contributed by atoms with Crippen LogP contribution in [0, 0.1) is 0 Å². The van der Waals surface area contributed by atoms with Crippen molar-refractivity contribution < 1.29 is 0 Å². The minimum atomic E-state index is 0.655. The minimum Gasteiger partial charge on any atom is -0.308 e. The van der Waals surface area contributed by atoms with Gasteiger partial charge < -0.3 is 4.40 Å². The fourth-order valence-electron chi connectivity index (χ4n) is 9.73. The molecule has 13 rings (SSSR count). The monoisotopic (exact) mass is 710 g/mol. The van der Waals surface area contributed by atoms with Gasteiger partial charge in [0.1, 0.15) is 0 Å². The third-order valence-corrected chi connectivity index (χ3v) is 12.0. The quantitative estimate of drug-likeness (QED) is 0.171. The number of hydrogen-bond donors (Lipinski definition) is 0. The molecule has 13 aromatic rings. The summed E-state index contributed by atoms with van der Waals surface area (Å²) < 4.78 is 4.82. The van der Waals surface area contributed by atoms with Gasteiger partial charge in [0, 0.05) is 43.3 Å². The first-order valence-corrected chi connectivity index (χ1v) is 19.2. The van der Waals surface area contributed by atoms with Crippen LogP contribution in [0.2, 0.25) is 0 Å². The third kappa shape index (κ3) is 3.87. The molecule has 0 aliphatic heterocycles. The molecule has 0 radical (unpaired) electrons. The summed E-state index contributed by atoms with van der Waals surface area (Å²) in [6.07, 6.45) is 0. The summed E-state index contributed by atoms with van der Waals surface area (Å²) in [5, 5.41) is 13.2. The molecule has 0 N–H and O–H groups in total. The molecule has 4 nitrogen and oxygen atoms in total. The van der Waals surface area contributed by atoms with E-state index in [-0.39, 0.29) is 0 Å². The highest BCUT2D eigenvalue weighted by Gasteiger charge is 2.25. The lowest BCUT2D eigenvalue weighted by Gasteiger charge is -2.16. The van der Waals surface area contributed by atoms with E-state index in [1.54, 1.807) is 0 Å². The first-order chi connectivity index (χ1) is 27.8. The summed E-state index contributed by atoms with van der Waals surface area (Å²) in [7, 11) is 0. The summed E-state index contributed by atoms with van der Waals surface area (Å²) in [6, 6.07) is 65.8. The topological polar surface area (TPSA) is 35.1 Å². The van der Waals surface area contributed by atoms with Crippen molar-refractivity contribution >= 4 is 92.3 Å². The van der Waals surface area contributed by atoms with Crippen LogP contribution in [0.15, 0.2) is 182 Å². The predicted octanol–water partition coefficient (Wildman–Crippen LogP) is 13.5. The van der Waals surface area contributed by atoms with Gasteiger partial charge in [0.2, 0.25) is 5.95 Å². The first-order valence-electron chi connectivity index (χ1n) is 19.2. The van der Waals surface area contributed by atoms with Gasteiger partial charge in [-0.15, -0.1) is 0 Å². The number of hydrogen-bond acceptors (Lipinski definition) is 2. The lowest BCUT2D eigenvalue weighted by Crippen LogP contribution is -2.04. The molecular weight excluding hydrogens is 681 g/mol. The zero-order valence-electron chi connectivity index (χ0n) is 30.1. The molecule has 0 unspecified atom stereocenters. The van der Waals surface area contributed by atoms with Crippen LogP contribution in [-0.2, 0) is 0 Å². The highest BCUT2D eigenvalue weighted by Crippen LogP contribution is 2.46. The fourth-order valence-corrected chi connectivity index (χ4v) is 9.73. The second-order valence-electron chi connectivity index (χ2n) is 14.9. The standard InChI is InChI=1S/C52H30N4/c1-2-14-31(15-3-1)34-18-8-9-22-38(34)50-40-29-28-32-16-4-7-20-36(32)49(40)53-52(54-50)56-43-25-12-23-39-46-35-19-6-5-17-33(35)30-41-37-21-10-11-24-42(37)55(51(41)46)44-26-13-27-45(56)48(44)47(39)43/h1-30H. The van der Waals surface area contributed by atoms with Crippen molar-refractivity contribution in [2.24, 2.45) is 0 Å². The molecule has 4 heteroatoms. The van der Waals surface area contributed by atoms with Gasteiger partial charge >= 0.3 is 0 Å². The molecule has 0 saturated carbocycles. The second kappa shape index (κ2) is 11.0. The van der Waals surface area contributed by atoms with Gasteiger partial charge in [0.25, 0.3) is 0 Å². The van der Waals surface area contributed by atoms with Crippen LogP contribution in [0.3, 0.4) is 0 Å². The zero-order chi connectivity index (χ0) is 36.5. The van der Waals surface area contributed by atoms with Crippen molar-refractivity contribution in [3.8, 4) is 28.3 Å². The molecule has 0 amide bonds. The van der Waals surface area contributed by atoms with Crippen LogP contribution >= 0.6 is 0 Å². The van der Waals surface area contributed by atoms with Crippen molar-refractivity contribution in [1.82, 2.24) is 18.9 Å². The summed E-state index contributed by atoms with van der Waals surface area (Å²) in [6.45, 7) is 0. The highest BCUT2D eigenvalue weighted by molar-refractivity contribution is 6.35. The maximum Gasteiger partial charge on any atom is 0.235 e. The molecule has 4 aromatic heterocycles. The van der Waals surface area contributed by atoms with Gasteiger partial charge in [-0.05, 0) is 69.1 Å². The number of fused-ring (bicyclic) bond motifs is 10. The minimum absolute atomic E-state index is 0.655. The van der Waals surface area contributed by atoms with E-state index in [0.29, 0.717) is 5.95 Å². The maximum absolute atomic E-state index is 5.63. The average molecular weight is 711 g/mol. The molecule has 0 bridgehead atoms. The summed E-state index contributed by atoms with van der Waals surface area (Å²) in [5.41, 5.74) is 11.0. The van der Waals surface area contributed by atoms with Gasteiger partial charge in [0.05, 0.1) is 38.8 Å². The molecule has 258 valence electrons. The van der Waals surface area contributed by atoms with Crippen molar-refractivity contribution in [3.63, 3.8) is 0 Å². The van der Waals surface area contributed by atoms with E-state index >= 15 is 0 Å². The molecule has 0 fully saturated rings. The van der Waals surface area contributed by atoms with Crippen LogP contribution in [0.1, 0.15) is 0 Å². The van der Waals surface area contributed by atoms with Crippen molar-refractivity contribution in [2.75, 3.05) is 0 Å². The van der Waals surface area contributed by atoms with E-state index in [1.165, 1.54) is 59.6 Å². The predicted molar refractivity (Wildman–Crippen MR) is 234 cm³/mol. The van der Waals surface area contributed by atoms with Crippen LogP contribution in [0.25, 0.3) is 121 Å². The van der Waals surface area contributed by atoms with E-state index in [4.69, 9.17) is 9.97 Å². The van der Waals surface area contributed by atoms with E-state index in [2.05, 4.69) is 191 Å². The smallest absolute Gasteiger partial charge is 0.235 e. The van der Waals surface area contributed by atoms with Crippen molar-refractivity contribution in [2.45, 2.75) is 0 Å². The fraction of sp³-hybridized carbons (Fsp3) is 0. The summed E-state index contributed by atoms with van der Waals surface area (Å²) in [4.78, 5) is 11.2. The van der Waals surface area contributed by atoms with E-state index in [0.717, 1.165) is 55.1 Å². The molecule has 56 heavy (non-hydrogen) atoms. The van der Waals surface area contributed by atoms with E-state index in [9.17, 15) is 0 Å². The normalized spacial score (nSPS) is 12.3. The maximum atomic E-state index is 5.63. The van der Waals surface area contributed by atoms with Crippen molar-refractivity contribution in [3.05, 3.63) is 182 Å². The zero-order valence-corrected chi connectivity index (χ0v) is 30.1. The molecule has 4 heterocycles. The van der Waals surface area contributed by atoms with E-state index < -0.39 is 0 Å². The van der Waals surface area contributed by atoms with Crippen LogP contribution in [-0.4, -0.2) is 18.9 Å². The second-order valence-corrected chi connectivity index (χ2v) is 14.9.